The molecule has 176 valence electrons. The van der Waals surface area contributed by atoms with Gasteiger partial charge in [-0.1, -0.05) is 98.3 Å². The van der Waals surface area contributed by atoms with Crippen molar-refractivity contribution in [3.8, 4) is 5.75 Å². The Bertz CT molecular complexity index is 632. The number of amides is 1. The lowest BCUT2D eigenvalue weighted by Crippen LogP contribution is -2.27. The SMILES string of the molecule is CCCCC(CCCC)CCNC(=O)CCC(=O)Oc1c(C(C)C)cccc1C(C)C. The molecule has 0 atom stereocenters. The molecular weight excluding hydrogens is 386 g/mol. The molecular formula is C27H45NO3. The van der Waals surface area contributed by atoms with Crippen molar-refractivity contribution in [2.45, 2.75) is 111 Å². The van der Waals surface area contributed by atoms with Crippen LogP contribution in [0.15, 0.2) is 18.2 Å². The van der Waals surface area contributed by atoms with Gasteiger partial charge in [0.15, 0.2) is 0 Å². The first-order valence-corrected chi connectivity index (χ1v) is 12.4. The molecule has 4 nitrogen and oxygen atoms in total. The largest absolute Gasteiger partial charge is 0.426 e. The van der Waals surface area contributed by atoms with Gasteiger partial charge in [-0.15, -0.1) is 0 Å². The van der Waals surface area contributed by atoms with Crippen LogP contribution in [0.2, 0.25) is 0 Å². The molecule has 0 unspecified atom stereocenters. The number of benzene rings is 1. The minimum absolute atomic E-state index is 0.0667. The summed E-state index contributed by atoms with van der Waals surface area (Å²) in [5.74, 6) is 1.48. The molecule has 4 heteroatoms. The molecule has 0 heterocycles. The van der Waals surface area contributed by atoms with Crippen molar-refractivity contribution in [1.82, 2.24) is 5.32 Å². The number of unbranched alkanes of at least 4 members (excludes halogenated alkanes) is 2. The molecule has 0 fully saturated rings. The van der Waals surface area contributed by atoms with Gasteiger partial charge in [-0.25, -0.2) is 0 Å². The van der Waals surface area contributed by atoms with Crippen LogP contribution in [0.3, 0.4) is 0 Å². The van der Waals surface area contributed by atoms with Gasteiger partial charge >= 0.3 is 5.97 Å². The van der Waals surface area contributed by atoms with Crippen molar-refractivity contribution >= 4 is 11.9 Å². The number of ether oxygens (including phenoxy) is 1. The zero-order chi connectivity index (χ0) is 23.2. The number of carbonyl (C=O) groups excluding carboxylic acids is 2. The Hall–Kier alpha value is -1.84. The maximum Gasteiger partial charge on any atom is 0.311 e. The number of rotatable bonds is 15. The third kappa shape index (κ3) is 10.3. The lowest BCUT2D eigenvalue weighted by atomic mass is 9.93. The van der Waals surface area contributed by atoms with Gasteiger partial charge in [0.05, 0.1) is 6.42 Å². The second kappa shape index (κ2) is 15.0. The van der Waals surface area contributed by atoms with Gasteiger partial charge in [-0.3, -0.25) is 9.59 Å². The first kappa shape index (κ1) is 27.2. The second-order valence-corrected chi connectivity index (χ2v) is 9.34. The standard InChI is InChI=1S/C27H45NO3/c1-7-9-12-22(13-10-8-2)18-19-28-25(29)16-17-26(30)31-27-23(20(3)4)14-11-15-24(27)21(5)6/h11,14-15,20-22H,7-10,12-13,16-19H2,1-6H3,(H,28,29). The first-order valence-electron chi connectivity index (χ1n) is 12.4. The molecule has 1 rings (SSSR count). The van der Waals surface area contributed by atoms with E-state index in [9.17, 15) is 9.59 Å². The van der Waals surface area contributed by atoms with Crippen LogP contribution in [0, 0.1) is 5.92 Å². The summed E-state index contributed by atoms with van der Waals surface area (Å²) in [7, 11) is 0. The van der Waals surface area contributed by atoms with E-state index in [2.05, 4.69) is 46.9 Å². The molecule has 0 aliphatic rings. The Morgan fingerprint density at radius 2 is 1.42 bits per heavy atom. The molecule has 0 bridgehead atoms. The van der Waals surface area contributed by atoms with Crippen LogP contribution in [0.4, 0.5) is 0 Å². The van der Waals surface area contributed by atoms with Crippen LogP contribution >= 0.6 is 0 Å². The number of hydrogen-bond donors (Lipinski definition) is 1. The molecule has 1 amide bonds. The fourth-order valence-corrected chi connectivity index (χ4v) is 3.90. The average molecular weight is 432 g/mol. The fraction of sp³-hybridized carbons (Fsp3) is 0.704. The van der Waals surface area contributed by atoms with Gasteiger partial charge < -0.3 is 10.1 Å². The van der Waals surface area contributed by atoms with E-state index in [-0.39, 0.29) is 36.6 Å². The summed E-state index contributed by atoms with van der Waals surface area (Å²) in [5, 5.41) is 3.00. The topological polar surface area (TPSA) is 55.4 Å². The maximum absolute atomic E-state index is 12.5. The summed E-state index contributed by atoms with van der Waals surface area (Å²) in [6, 6.07) is 6.04. The quantitative estimate of drug-likeness (QED) is 0.237. The highest BCUT2D eigenvalue weighted by atomic mass is 16.5. The molecule has 31 heavy (non-hydrogen) atoms. The van der Waals surface area contributed by atoms with Gasteiger partial charge in [0.1, 0.15) is 5.75 Å². The van der Waals surface area contributed by atoms with Crippen LogP contribution in [0.5, 0.6) is 5.75 Å². The van der Waals surface area contributed by atoms with E-state index in [0.717, 1.165) is 17.5 Å². The molecule has 0 radical (unpaired) electrons. The molecule has 0 aromatic heterocycles. The summed E-state index contributed by atoms with van der Waals surface area (Å²) in [4.78, 5) is 24.7. The smallest absolute Gasteiger partial charge is 0.311 e. The third-order valence-corrected chi connectivity index (χ3v) is 5.90. The van der Waals surface area contributed by atoms with Crippen LogP contribution in [0.1, 0.15) is 122 Å². The predicted molar refractivity (Wildman–Crippen MR) is 130 cm³/mol. The summed E-state index contributed by atoms with van der Waals surface area (Å²) in [5.41, 5.74) is 2.07. The number of carbonyl (C=O) groups is 2. The van der Waals surface area contributed by atoms with Crippen LogP contribution in [-0.4, -0.2) is 18.4 Å². The van der Waals surface area contributed by atoms with Gasteiger partial charge in [0.25, 0.3) is 0 Å². The molecule has 0 saturated heterocycles. The summed E-state index contributed by atoms with van der Waals surface area (Å²) >= 11 is 0. The highest BCUT2D eigenvalue weighted by Gasteiger charge is 2.18. The highest BCUT2D eigenvalue weighted by molar-refractivity contribution is 5.82. The van der Waals surface area contributed by atoms with E-state index >= 15 is 0 Å². The Kier molecular flexibility index (Phi) is 13.2. The molecule has 0 spiro atoms. The molecule has 0 aliphatic heterocycles. The summed E-state index contributed by atoms with van der Waals surface area (Å²) in [6.45, 7) is 13.5. The van der Waals surface area contributed by atoms with Gasteiger partial charge in [-0.05, 0) is 35.3 Å². The number of esters is 1. The molecule has 1 N–H and O–H groups in total. The minimum atomic E-state index is -0.339. The van der Waals surface area contributed by atoms with Gasteiger partial charge in [0, 0.05) is 13.0 Å². The lowest BCUT2D eigenvalue weighted by Gasteiger charge is -2.19. The van der Waals surface area contributed by atoms with E-state index < -0.39 is 0 Å². The first-order chi connectivity index (χ1) is 14.8. The highest BCUT2D eigenvalue weighted by Crippen LogP contribution is 2.34. The third-order valence-electron chi connectivity index (χ3n) is 5.90. The van der Waals surface area contributed by atoms with E-state index in [4.69, 9.17) is 4.74 Å². The molecule has 1 aromatic rings. The minimum Gasteiger partial charge on any atom is -0.426 e. The van der Waals surface area contributed by atoms with Crippen molar-refractivity contribution < 1.29 is 14.3 Å². The predicted octanol–water partition coefficient (Wildman–Crippen LogP) is 7.12. The van der Waals surface area contributed by atoms with Crippen LogP contribution < -0.4 is 10.1 Å². The number of hydrogen-bond acceptors (Lipinski definition) is 3. The lowest BCUT2D eigenvalue weighted by molar-refractivity contribution is -0.136. The normalized spacial score (nSPS) is 11.4. The second-order valence-electron chi connectivity index (χ2n) is 9.34. The van der Waals surface area contributed by atoms with Crippen molar-refractivity contribution in [3.05, 3.63) is 29.3 Å². The molecule has 0 aliphatic carbocycles. The molecule has 1 aromatic carbocycles. The number of nitrogens with one attached hydrogen (secondary N) is 1. The maximum atomic E-state index is 12.5. The average Bonchev–Trinajstić information content (AvgIpc) is 2.73. The molecule has 0 saturated carbocycles. The van der Waals surface area contributed by atoms with Crippen molar-refractivity contribution in [2.75, 3.05) is 6.54 Å². The summed E-state index contributed by atoms with van der Waals surface area (Å²) in [6.07, 6.45) is 8.73. The van der Waals surface area contributed by atoms with E-state index in [0.29, 0.717) is 18.2 Å². The zero-order valence-electron chi connectivity index (χ0n) is 20.8. The number of para-hydroxylation sites is 1. The van der Waals surface area contributed by atoms with Crippen molar-refractivity contribution in [3.63, 3.8) is 0 Å². The monoisotopic (exact) mass is 431 g/mol. The summed E-state index contributed by atoms with van der Waals surface area (Å²) < 4.78 is 5.76. The van der Waals surface area contributed by atoms with Crippen LogP contribution in [-0.2, 0) is 9.59 Å². The van der Waals surface area contributed by atoms with E-state index in [1.54, 1.807) is 0 Å². The van der Waals surface area contributed by atoms with E-state index in [1.165, 1.54) is 38.5 Å². The Balaban J connectivity index is 2.52. The Morgan fingerprint density at radius 3 is 1.90 bits per heavy atom. The van der Waals surface area contributed by atoms with Gasteiger partial charge in [0.2, 0.25) is 5.91 Å². The zero-order valence-corrected chi connectivity index (χ0v) is 20.8. The Morgan fingerprint density at radius 1 is 0.871 bits per heavy atom. The van der Waals surface area contributed by atoms with Gasteiger partial charge in [-0.2, -0.15) is 0 Å². The fourth-order valence-electron chi connectivity index (χ4n) is 3.90. The van der Waals surface area contributed by atoms with Crippen LogP contribution in [0.25, 0.3) is 0 Å². The Labute approximate surface area is 190 Å². The van der Waals surface area contributed by atoms with Crippen molar-refractivity contribution in [1.29, 1.82) is 0 Å². The van der Waals surface area contributed by atoms with Crippen molar-refractivity contribution in [2.24, 2.45) is 5.92 Å². The van der Waals surface area contributed by atoms with E-state index in [1.807, 2.05) is 18.2 Å².